The molecule has 2 N–H and O–H groups in total. The third-order valence-corrected chi connectivity index (χ3v) is 3.37. The maximum Gasteiger partial charge on any atom is 0.252 e. The Morgan fingerprint density at radius 1 is 1.25 bits per heavy atom. The number of aromatic amines is 1. The molecule has 0 aliphatic carbocycles. The Kier molecular flexibility index (Phi) is 3.21. The van der Waals surface area contributed by atoms with Crippen molar-refractivity contribution in [2.24, 2.45) is 0 Å². The molecule has 0 fully saturated rings. The number of nitrogens with zero attached hydrogens (tertiary/aromatic N) is 1. The molecule has 0 spiro atoms. The van der Waals surface area contributed by atoms with Gasteiger partial charge in [0.15, 0.2) is 0 Å². The number of carbonyl (C=O) groups excluding carboxylic acids is 1. The summed E-state index contributed by atoms with van der Waals surface area (Å²) in [5.74, 6) is -0.0831. The number of pyridine rings is 1. The van der Waals surface area contributed by atoms with E-state index in [1.54, 1.807) is 6.20 Å². The van der Waals surface area contributed by atoms with Crippen LogP contribution in [0.2, 0.25) is 0 Å². The third-order valence-electron chi connectivity index (χ3n) is 3.37. The van der Waals surface area contributed by atoms with E-state index in [1.807, 2.05) is 49.5 Å². The van der Waals surface area contributed by atoms with Gasteiger partial charge in [0.2, 0.25) is 0 Å². The molecule has 0 saturated carbocycles. The second-order valence-corrected chi connectivity index (χ2v) is 4.69. The van der Waals surface area contributed by atoms with Crippen LogP contribution in [0.25, 0.3) is 10.9 Å². The normalized spacial score (nSPS) is 10.7. The zero-order chi connectivity index (χ0) is 13.9. The molecule has 2 heterocycles. The van der Waals surface area contributed by atoms with Crippen molar-refractivity contribution >= 4 is 16.8 Å². The van der Waals surface area contributed by atoms with Gasteiger partial charge < -0.3 is 10.3 Å². The van der Waals surface area contributed by atoms with Gasteiger partial charge in [-0.3, -0.25) is 9.78 Å². The van der Waals surface area contributed by atoms with Crippen LogP contribution < -0.4 is 5.32 Å². The first-order chi connectivity index (χ1) is 9.75. The summed E-state index contributed by atoms with van der Waals surface area (Å²) in [4.78, 5) is 19.7. The van der Waals surface area contributed by atoms with Crippen molar-refractivity contribution in [3.63, 3.8) is 0 Å². The summed E-state index contributed by atoms with van der Waals surface area (Å²) in [6.45, 7) is 2.42. The Balaban J connectivity index is 1.80. The average Bonchev–Trinajstić information content (AvgIpc) is 2.94. The van der Waals surface area contributed by atoms with Gasteiger partial charge in [0.1, 0.15) is 0 Å². The van der Waals surface area contributed by atoms with Gasteiger partial charge in [-0.05, 0) is 36.8 Å². The lowest BCUT2D eigenvalue weighted by Crippen LogP contribution is -2.23. The summed E-state index contributed by atoms with van der Waals surface area (Å²) in [5, 5.41) is 3.86. The number of hydrogen-bond acceptors (Lipinski definition) is 2. The standard InChI is InChI=1S/C16H15N3O/c1-11-4-3-8-17-15(11)10-19-16(20)13-5-2-6-14-12(13)7-9-18-14/h2-9,18H,10H2,1H3,(H,19,20). The molecule has 3 rings (SSSR count). The van der Waals surface area contributed by atoms with E-state index in [1.165, 1.54) is 0 Å². The number of aromatic nitrogens is 2. The van der Waals surface area contributed by atoms with Crippen molar-refractivity contribution < 1.29 is 4.79 Å². The minimum atomic E-state index is -0.0831. The minimum absolute atomic E-state index is 0.0831. The van der Waals surface area contributed by atoms with E-state index in [-0.39, 0.29) is 5.91 Å². The summed E-state index contributed by atoms with van der Waals surface area (Å²) < 4.78 is 0. The molecule has 0 saturated heterocycles. The van der Waals surface area contributed by atoms with Gasteiger partial charge in [0, 0.05) is 28.9 Å². The van der Waals surface area contributed by atoms with Crippen LogP contribution >= 0.6 is 0 Å². The quantitative estimate of drug-likeness (QED) is 0.765. The van der Waals surface area contributed by atoms with Crippen molar-refractivity contribution in [3.8, 4) is 0 Å². The highest BCUT2D eigenvalue weighted by molar-refractivity contribution is 6.06. The van der Waals surface area contributed by atoms with Crippen LogP contribution in [0.1, 0.15) is 21.6 Å². The Labute approximate surface area is 116 Å². The zero-order valence-electron chi connectivity index (χ0n) is 11.2. The first-order valence-electron chi connectivity index (χ1n) is 6.50. The number of benzene rings is 1. The third kappa shape index (κ3) is 2.28. The van der Waals surface area contributed by atoms with Gasteiger partial charge in [-0.25, -0.2) is 0 Å². The first kappa shape index (κ1) is 12.4. The van der Waals surface area contributed by atoms with E-state index >= 15 is 0 Å². The molecule has 100 valence electrons. The zero-order valence-corrected chi connectivity index (χ0v) is 11.2. The van der Waals surface area contributed by atoms with E-state index in [2.05, 4.69) is 15.3 Å². The topological polar surface area (TPSA) is 57.8 Å². The number of amides is 1. The molecule has 0 bridgehead atoms. The van der Waals surface area contributed by atoms with Crippen molar-refractivity contribution in [1.82, 2.24) is 15.3 Å². The van der Waals surface area contributed by atoms with Crippen molar-refractivity contribution in [1.29, 1.82) is 0 Å². The van der Waals surface area contributed by atoms with E-state index in [9.17, 15) is 4.79 Å². The number of carbonyl (C=O) groups is 1. The number of rotatable bonds is 3. The SMILES string of the molecule is Cc1cccnc1CNC(=O)c1cccc2[nH]ccc12. The first-order valence-corrected chi connectivity index (χ1v) is 6.50. The summed E-state index contributed by atoms with van der Waals surface area (Å²) in [6.07, 6.45) is 3.58. The lowest BCUT2D eigenvalue weighted by Gasteiger charge is -2.07. The Morgan fingerprint density at radius 2 is 2.15 bits per heavy atom. The molecular formula is C16H15N3O. The van der Waals surface area contributed by atoms with Gasteiger partial charge in [-0.1, -0.05) is 12.1 Å². The van der Waals surface area contributed by atoms with Crippen LogP contribution in [0.3, 0.4) is 0 Å². The molecule has 20 heavy (non-hydrogen) atoms. The van der Waals surface area contributed by atoms with Crippen LogP contribution in [-0.2, 0) is 6.54 Å². The highest BCUT2D eigenvalue weighted by atomic mass is 16.1. The number of H-pyrrole nitrogens is 1. The number of nitrogens with one attached hydrogen (secondary N) is 2. The van der Waals surface area contributed by atoms with Crippen LogP contribution in [0.4, 0.5) is 0 Å². The highest BCUT2D eigenvalue weighted by Crippen LogP contribution is 2.17. The molecule has 2 aromatic heterocycles. The molecule has 1 amide bonds. The van der Waals surface area contributed by atoms with Gasteiger partial charge in [0.05, 0.1) is 12.2 Å². The molecule has 1 aromatic carbocycles. The maximum atomic E-state index is 12.3. The molecule has 4 heteroatoms. The molecule has 3 aromatic rings. The van der Waals surface area contributed by atoms with E-state index in [0.29, 0.717) is 12.1 Å². The highest BCUT2D eigenvalue weighted by Gasteiger charge is 2.10. The summed E-state index contributed by atoms with van der Waals surface area (Å²) in [7, 11) is 0. The van der Waals surface area contributed by atoms with E-state index in [4.69, 9.17) is 0 Å². The second kappa shape index (κ2) is 5.17. The lowest BCUT2D eigenvalue weighted by molar-refractivity contribution is 0.0952. The van der Waals surface area contributed by atoms with Crippen LogP contribution in [0.5, 0.6) is 0 Å². The molecule has 0 unspecified atom stereocenters. The van der Waals surface area contributed by atoms with Gasteiger partial charge >= 0.3 is 0 Å². The molecule has 0 aliphatic rings. The molecule has 0 aliphatic heterocycles. The predicted molar refractivity (Wildman–Crippen MR) is 78.4 cm³/mol. The fourth-order valence-corrected chi connectivity index (χ4v) is 2.25. The maximum absolute atomic E-state index is 12.3. The summed E-state index contributed by atoms with van der Waals surface area (Å²) >= 11 is 0. The molecule has 4 nitrogen and oxygen atoms in total. The van der Waals surface area contributed by atoms with Crippen LogP contribution in [0.15, 0.2) is 48.8 Å². The largest absolute Gasteiger partial charge is 0.361 e. The second-order valence-electron chi connectivity index (χ2n) is 4.69. The number of fused-ring (bicyclic) bond motifs is 1. The van der Waals surface area contributed by atoms with Gasteiger partial charge in [-0.2, -0.15) is 0 Å². The van der Waals surface area contributed by atoms with Crippen molar-refractivity contribution in [2.75, 3.05) is 0 Å². The lowest BCUT2D eigenvalue weighted by atomic mass is 10.1. The average molecular weight is 265 g/mol. The molecule has 0 atom stereocenters. The van der Waals surface area contributed by atoms with Gasteiger partial charge in [-0.15, -0.1) is 0 Å². The summed E-state index contributed by atoms with van der Waals surface area (Å²) in [6, 6.07) is 11.4. The Bertz CT molecular complexity index is 761. The van der Waals surface area contributed by atoms with Crippen LogP contribution in [0, 0.1) is 6.92 Å². The number of aryl methyl sites for hydroxylation is 1. The molecular weight excluding hydrogens is 250 g/mol. The van der Waals surface area contributed by atoms with Crippen LogP contribution in [-0.4, -0.2) is 15.9 Å². The van der Waals surface area contributed by atoms with E-state index in [0.717, 1.165) is 22.2 Å². The predicted octanol–water partition coefficient (Wildman–Crippen LogP) is 2.80. The Morgan fingerprint density at radius 3 is 3.00 bits per heavy atom. The van der Waals surface area contributed by atoms with Crippen molar-refractivity contribution in [2.45, 2.75) is 13.5 Å². The summed E-state index contributed by atoms with van der Waals surface area (Å²) in [5.41, 5.74) is 3.61. The number of hydrogen-bond donors (Lipinski definition) is 2. The fourth-order valence-electron chi connectivity index (χ4n) is 2.25. The fraction of sp³-hybridized carbons (Fsp3) is 0.125. The van der Waals surface area contributed by atoms with E-state index < -0.39 is 0 Å². The van der Waals surface area contributed by atoms with Gasteiger partial charge in [0.25, 0.3) is 5.91 Å². The van der Waals surface area contributed by atoms with Crippen molar-refractivity contribution in [3.05, 3.63) is 65.6 Å². The molecule has 0 radical (unpaired) electrons. The minimum Gasteiger partial charge on any atom is -0.361 e. The Hall–Kier alpha value is -2.62. The smallest absolute Gasteiger partial charge is 0.252 e. The monoisotopic (exact) mass is 265 g/mol.